The van der Waals surface area contributed by atoms with Crippen molar-refractivity contribution < 1.29 is 8.78 Å². The van der Waals surface area contributed by atoms with Gasteiger partial charge in [0.15, 0.2) is 0 Å². The molecule has 1 aliphatic rings. The van der Waals surface area contributed by atoms with E-state index in [0.29, 0.717) is 6.04 Å². The Hall–Kier alpha value is -0.220. The molecule has 1 N–H and O–H groups in total. The van der Waals surface area contributed by atoms with Crippen molar-refractivity contribution in [3.63, 3.8) is 0 Å². The third-order valence-corrected chi connectivity index (χ3v) is 2.48. The van der Waals surface area contributed by atoms with Gasteiger partial charge >= 0.3 is 0 Å². The maximum atomic E-state index is 12.1. The van der Waals surface area contributed by atoms with Crippen LogP contribution in [0.5, 0.6) is 0 Å². The van der Waals surface area contributed by atoms with Crippen molar-refractivity contribution in [1.29, 1.82) is 0 Å². The van der Waals surface area contributed by atoms with Crippen molar-refractivity contribution in [2.45, 2.75) is 38.8 Å². The number of hydrogen-bond donors (Lipinski definition) is 1. The van der Waals surface area contributed by atoms with Gasteiger partial charge < -0.3 is 5.32 Å². The maximum absolute atomic E-state index is 12.1. The molecule has 0 aromatic heterocycles. The van der Waals surface area contributed by atoms with Crippen molar-refractivity contribution in [2.75, 3.05) is 19.6 Å². The molecule has 4 heteroatoms. The largest absolute Gasteiger partial charge is 0.311 e. The quantitative estimate of drug-likeness (QED) is 0.725. The van der Waals surface area contributed by atoms with Crippen LogP contribution in [0.15, 0.2) is 0 Å². The van der Waals surface area contributed by atoms with E-state index in [1.54, 1.807) is 0 Å². The zero-order chi connectivity index (χ0) is 9.84. The van der Waals surface area contributed by atoms with E-state index < -0.39 is 6.43 Å². The summed E-state index contributed by atoms with van der Waals surface area (Å²) in [4.78, 5) is 2.24. The molecule has 0 aromatic carbocycles. The fraction of sp³-hybridized carbons (Fsp3) is 1.00. The second kappa shape index (κ2) is 4.86. The lowest BCUT2D eigenvalue weighted by Gasteiger charge is -2.36. The van der Waals surface area contributed by atoms with Gasteiger partial charge in [0.25, 0.3) is 0 Å². The minimum Gasteiger partial charge on any atom is -0.311 e. The van der Waals surface area contributed by atoms with Crippen LogP contribution < -0.4 is 5.32 Å². The minimum absolute atomic E-state index is 0.0246. The van der Waals surface area contributed by atoms with Crippen molar-refractivity contribution in [3.05, 3.63) is 0 Å². The molecule has 0 radical (unpaired) electrons. The van der Waals surface area contributed by atoms with Crippen molar-refractivity contribution in [1.82, 2.24) is 10.2 Å². The van der Waals surface area contributed by atoms with Crippen LogP contribution in [0, 0.1) is 0 Å². The van der Waals surface area contributed by atoms with Crippen molar-refractivity contribution >= 4 is 0 Å². The maximum Gasteiger partial charge on any atom is 0.240 e. The molecule has 0 spiro atoms. The lowest BCUT2D eigenvalue weighted by atomic mass is 10.1. The van der Waals surface area contributed by atoms with Gasteiger partial charge in [-0.1, -0.05) is 0 Å². The Kier molecular flexibility index (Phi) is 4.06. The van der Waals surface area contributed by atoms with Crippen molar-refractivity contribution in [3.8, 4) is 0 Å². The van der Waals surface area contributed by atoms with Gasteiger partial charge in [-0.3, -0.25) is 4.90 Å². The zero-order valence-electron chi connectivity index (χ0n) is 8.26. The molecule has 2 nitrogen and oxygen atoms in total. The summed E-state index contributed by atoms with van der Waals surface area (Å²) in [5.41, 5.74) is 0. The van der Waals surface area contributed by atoms with Crippen LogP contribution in [0.25, 0.3) is 0 Å². The standard InChI is InChI=1S/C9H18F2N2/c1-7(2)13-4-3-12-8(6-13)5-9(10)11/h7-9,12H,3-6H2,1-2H3. The van der Waals surface area contributed by atoms with E-state index in [1.807, 2.05) is 0 Å². The first-order valence-corrected chi connectivity index (χ1v) is 4.85. The molecule has 13 heavy (non-hydrogen) atoms. The Bertz CT molecular complexity index is 151. The highest BCUT2D eigenvalue weighted by Crippen LogP contribution is 2.10. The summed E-state index contributed by atoms with van der Waals surface area (Å²) in [6.45, 7) is 6.75. The zero-order valence-corrected chi connectivity index (χ0v) is 8.26. The SMILES string of the molecule is CC(C)N1CCNC(CC(F)F)C1. The number of rotatable bonds is 3. The van der Waals surface area contributed by atoms with Crippen molar-refractivity contribution in [2.24, 2.45) is 0 Å². The van der Waals surface area contributed by atoms with Gasteiger partial charge in [-0.2, -0.15) is 0 Å². The first kappa shape index (κ1) is 10.9. The third-order valence-electron chi connectivity index (χ3n) is 2.48. The molecule has 0 aromatic rings. The molecule has 0 amide bonds. The van der Waals surface area contributed by atoms with Gasteiger partial charge in [0, 0.05) is 38.1 Å². The molecular weight excluding hydrogens is 174 g/mol. The summed E-state index contributed by atoms with van der Waals surface area (Å²) in [6, 6.07) is 0.429. The normalized spacial score (nSPS) is 25.8. The fourth-order valence-electron chi connectivity index (χ4n) is 1.69. The van der Waals surface area contributed by atoms with E-state index in [9.17, 15) is 8.78 Å². The average molecular weight is 192 g/mol. The van der Waals surface area contributed by atoms with Gasteiger partial charge in [-0.25, -0.2) is 8.78 Å². The van der Waals surface area contributed by atoms with E-state index >= 15 is 0 Å². The summed E-state index contributed by atoms with van der Waals surface area (Å²) in [7, 11) is 0. The molecule has 78 valence electrons. The third kappa shape index (κ3) is 3.56. The van der Waals surface area contributed by atoms with Crippen LogP contribution in [0.2, 0.25) is 0 Å². The van der Waals surface area contributed by atoms with Crippen LogP contribution in [-0.2, 0) is 0 Å². The Morgan fingerprint density at radius 3 is 2.69 bits per heavy atom. The average Bonchev–Trinajstić information content (AvgIpc) is 2.03. The van der Waals surface area contributed by atoms with Crippen LogP contribution in [0.1, 0.15) is 20.3 Å². The molecule has 1 heterocycles. The summed E-state index contributed by atoms with van der Waals surface area (Å²) < 4.78 is 24.2. The second-order valence-corrected chi connectivity index (χ2v) is 3.87. The van der Waals surface area contributed by atoms with Crippen LogP contribution in [0.3, 0.4) is 0 Å². The Morgan fingerprint density at radius 2 is 2.15 bits per heavy atom. The molecule has 1 rings (SSSR count). The lowest BCUT2D eigenvalue weighted by molar-refractivity contribution is 0.0894. The molecule has 1 unspecified atom stereocenters. The molecule has 1 aliphatic heterocycles. The topological polar surface area (TPSA) is 15.3 Å². The fourth-order valence-corrected chi connectivity index (χ4v) is 1.69. The number of nitrogens with zero attached hydrogens (tertiary/aromatic N) is 1. The summed E-state index contributed by atoms with van der Waals surface area (Å²) in [5.74, 6) is 0. The monoisotopic (exact) mass is 192 g/mol. The minimum atomic E-state index is -2.19. The molecule has 0 bridgehead atoms. The predicted molar refractivity (Wildman–Crippen MR) is 49.1 cm³/mol. The Balaban J connectivity index is 2.33. The number of halogens is 2. The molecule has 0 saturated carbocycles. The molecule has 1 saturated heterocycles. The van der Waals surface area contributed by atoms with E-state index in [1.165, 1.54) is 0 Å². The first-order chi connectivity index (χ1) is 6.09. The van der Waals surface area contributed by atoms with E-state index in [2.05, 4.69) is 24.1 Å². The number of piperazine rings is 1. The number of hydrogen-bond acceptors (Lipinski definition) is 2. The van der Waals surface area contributed by atoms with Gasteiger partial charge in [0.05, 0.1) is 0 Å². The summed E-state index contributed by atoms with van der Waals surface area (Å²) >= 11 is 0. The predicted octanol–water partition coefficient (Wildman–Crippen LogP) is 1.32. The molecule has 0 aliphatic carbocycles. The highest BCUT2D eigenvalue weighted by Gasteiger charge is 2.23. The second-order valence-electron chi connectivity index (χ2n) is 3.87. The Morgan fingerprint density at radius 1 is 1.46 bits per heavy atom. The van der Waals surface area contributed by atoms with E-state index in [4.69, 9.17) is 0 Å². The van der Waals surface area contributed by atoms with Gasteiger partial charge in [-0.15, -0.1) is 0 Å². The number of alkyl halides is 2. The highest BCUT2D eigenvalue weighted by atomic mass is 19.3. The van der Waals surface area contributed by atoms with Gasteiger partial charge in [0.1, 0.15) is 0 Å². The van der Waals surface area contributed by atoms with E-state index in [0.717, 1.165) is 19.6 Å². The molecule has 1 fully saturated rings. The van der Waals surface area contributed by atoms with E-state index in [-0.39, 0.29) is 12.5 Å². The summed E-state index contributed by atoms with van der Waals surface area (Å²) in [6.07, 6.45) is -2.21. The smallest absolute Gasteiger partial charge is 0.240 e. The Labute approximate surface area is 78.3 Å². The van der Waals surface area contributed by atoms with Crippen LogP contribution in [-0.4, -0.2) is 43.0 Å². The van der Waals surface area contributed by atoms with Gasteiger partial charge in [0.2, 0.25) is 6.43 Å². The van der Waals surface area contributed by atoms with Gasteiger partial charge in [-0.05, 0) is 13.8 Å². The van der Waals surface area contributed by atoms with Crippen LogP contribution >= 0.6 is 0 Å². The first-order valence-electron chi connectivity index (χ1n) is 4.85. The summed E-state index contributed by atoms with van der Waals surface area (Å²) in [5, 5.41) is 3.11. The molecular formula is C9H18F2N2. The highest BCUT2D eigenvalue weighted by molar-refractivity contribution is 4.80. The lowest BCUT2D eigenvalue weighted by Crippen LogP contribution is -2.53. The van der Waals surface area contributed by atoms with Crippen LogP contribution in [0.4, 0.5) is 8.78 Å². The molecule has 1 atom stereocenters. The number of nitrogens with one attached hydrogen (secondary N) is 1.